The maximum Gasteiger partial charge on any atom is 0.122 e. The topological polar surface area (TPSA) is 9.23 Å². The second-order valence-corrected chi connectivity index (χ2v) is 6.36. The van der Waals surface area contributed by atoms with Gasteiger partial charge in [0.1, 0.15) is 5.75 Å². The maximum absolute atomic E-state index is 5.38. The number of hydrogen-bond acceptors (Lipinski definition) is 2. The third kappa shape index (κ3) is 2.78. The summed E-state index contributed by atoms with van der Waals surface area (Å²) in [4.78, 5) is 3.02. The van der Waals surface area contributed by atoms with Gasteiger partial charge in [-0.25, -0.2) is 0 Å². The van der Waals surface area contributed by atoms with Crippen LogP contribution in [0.15, 0.2) is 30.3 Å². The Morgan fingerprint density at radius 2 is 2.06 bits per heavy atom. The molecule has 0 aliphatic carbocycles. The van der Waals surface area contributed by atoms with Crippen molar-refractivity contribution in [2.24, 2.45) is 0 Å². The molecule has 0 aliphatic rings. The molecule has 1 atom stereocenters. The average Bonchev–Trinajstić information content (AvgIpc) is 2.87. The summed E-state index contributed by atoms with van der Waals surface area (Å²) in [7, 11) is 1.72. The zero-order valence-electron chi connectivity index (χ0n) is 10.9. The third-order valence-corrected chi connectivity index (χ3v) is 5.62. The van der Waals surface area contributed by atoms with Crippen LogP contribution in [-0.4, -0.2) is 7.11 Å². The van der Waals surface area contributed by atoms with Gasteiger partial charge in [-0.1, -0.05) is 35.0 Å². The smallest absolute Gasteiger partial charge is 0.122 e. The number of hydrogen-bond donors (Lipinski definition) is 0. The lowest BCUT2D eigenvalue weighted by Gasteiger charge is -2.11. The van der Waals surface area contributed by atoms with Gasteiger partial charge in [0.05, 0.1) is 11.9 Å². The van der Waals surface area contributed by atoms with Crippen molar-refractivity contribution in [2.45, 2.75) is 25.1 Å². The number of methoxy groups -OCH3 is 1. The van der Waals surface area contributed by atoms with Crippen LogP contribution in [0, 0.1) is 6.92 Å². The van der Waals surface area contributed by atoms with Gasteiger partial charge in [-0.3, -0.25) is 0 Å². The molecule has 0 saturated carbocycles. The van der Waals surface area contributed by atoms with Crippen molar-refractivity contribution in [1.82, 2.24) is 0 Å². The monoisotopic (exact) mass is 324 g/mol. The van der Waals surface area contributed by atoms with E-state index in [4.69, 9.17) is 4.74 Å². The summed E-state index contributed by atoms with van der Waals surface area (Å²) in [6, 6.07) is 10.8. The molecule has 1 nitrogen and oxygen atoms in total. The first-order chi connectivity index (χ1) is 8.65. The summed E-state index contributed by atoms with van der Waals surface area (Å²) in [5.41, 5.74) is 2.41. The molecule has 18 heavy (non-hydrogen) atoms. The first kappa shape index (κ1) is 13.6. The van der Waals surface area contributed by atoms with Crippen LogP contribution in [0.3, 0.4) is 0 Å². The number of halogens is 1. The lowest BCUT2D eigenvalue weighted by atomic mass is 10.1. The molecule has 0 radical (unpaired) electrons. The van der Waals surface area contributed by atoms with E-state index in [0.29, 0.717) is 0 Å². The number of ether oxygens (including phenoxy) is 1. The molecule has 1 heterocycles. The lowest BCUT2D eigenvalue weighted by Crippen LogP contribution is -1.93. The van der Waals surface area contributed by atoms with Crippen molar-refractivity contribution >= 4 is 27.3 Å². The Balaban J connectivity index is 2.30. The molecule has 3 heteroatoms. The molecular weight excluding hydrogens is 308 g/mol. The quantitative estimate of drug-likeness (QED) is 0.710. The number of rotatable bonds is 4. The van der Waals surface area contributed by atoms with Gasteiger partial charge >= 0.3 is 0 Å². The van der Waals surface area contributed by atoms with Crippen LogP contribution in [0.1, 0.15) is 32.6 Å². The van der Waals surface area contributed by atoms with E-state index in [-0.39, 0.29) is 4.83 Å². The highest BCUT2D eigenvalue weighted by atomic mass is 79.9. The summed E-state index contributed by atoms with van der Waals surface area (Å²) < 4.78 is 5.38. The van der Waals surface area contributed by atoms with Crippen molar-refractivity contribution in [2.75, 3.05) is 7.11 Å². The lowest BCUT2D eigenvalue weighted by molar-refractivity contribution is 0.411. The van der Waals surface area contributed by atoms with Crippen molar-refractivity contribution < 1.29 is 4.74 Å². The molecule has 2 rings (SSSR count). The van der Waals surface area contributed by atoms with E-state index in [2.05, 4.69) is 60.1 Å². The second-order valence-electron chi connectivity index (χ2n) is 4.25. The Bertz CT molecular complexity index is 533. The fraction of sp³-hybridized carbons (Fsp3) is 0.333. The van der Waals surface area contributed by atoms with Crippen LogP contribution < -0.4 is 4.74 Å². The molecule has 0 fully saturated rings. The summed E-state index contributed by atoms with van der Waals surface area (Å²) in [6.45, 7) is 4.25. The Hall–Kier alpha value is -0.800. The van der Waals surface area contributed by atoms with Crippen molar-refractivity contribution in [3.05, 3.63) is 51.2 Å². The highest BCUT2D eigenvalue weighted by Gasteiger charge is 2.14. The largest absolute Gasteiger partial charge is 0.496 e. The van der Waals surface area contributed by atoms with E-state index < -0.39 is 0 Å². The molecule has 0 bridgehead atoms. The Morgan fingerprint density at radius 3 is 2.67 bits per heavy atom. The van der Waals surface area contributed by atoms with Crippen molar-refractivity contribution in [1.29, 1.82) is 0 Å². The summed E-state index contributed by atoms with van der Waals surface area (Å²) >= 11 is 5.65. The molecule has 0 aliphatic heterocycles. The van der Waals surface area contributed by atoms with Crippen LogP contribution in [0.25, 0.3) is 0 Å². The van der Waals surface area contributed by atoms with Crippen LogP contribution in [-0.2, 0) is 6.42 Å². The molecule has 96 valence electrons. The number of benzene rings is 1. The standard InChI is InChI=1S/C15H17BrOS/c1-4-12-7-8-14(18-12)15(16)11-6-5-10(2)13(9-11)17-3/h5-9,15H,4H2,1-3H3. The number of alkyl halides is 1. The van der Waals surface area contributed by atoms with Gasteiger partial charge in [-0.15, -0.1) is 11.3 Å². The average molecular weight is 325 g/mol. The van der Waals surface area contributed by atoms with E-state index in [1.54, 1.807) is 7.11 Å². The van der Waals surface area contributed by atoms with Gasteiger partial charge in [0.2, 0.25) is 0 Å². The summed E-state index contributed by atoms with van der Waals surface area (Å²) in [5.74, 6) is 0.948. The van der Waals surface area contributed by atoms with E-state index >= 15 is 0 Å². The van der Waals surface area contributed by atoms with Crippen LogP contribution in [0.2, 0.25) is 0 Å². The van der Waals surface area contributed by atoms with Gasteiger partial charge in [-0.2, -0.15) is 0 Å². The van der Waals surface area contributed by atoms with Crippen LogP contribution >= 0.6 is 27.3 Å². The molecule has 0 saturated heterocycles. The first-order valence-electron chi connectivity index (χ1n) is 6.03. The van der Waals surface area contributed by atoms with E-state index in [1.165, 1.54) is 20.9 Å². The Morgan fingerprint density at radius 1 is 1.28 bits per heavy atom. The van der Waals surface area contributed by atoms with Crippen LogP contribution in [0.4, 0.5) is 0 Å². The van der Waals surface area contributed by atoms with Crippen molar-refractivity contribution in [3.63, 3.8) is 0 Å². The van der Waals surface area contributed by atoms with Gasteiger partial charge in [0.15, 0.2) is 0 Å². The fourth-order valence-corrected chi connectivity index (χ4v) is 3.56. The zero-order chi connectivity index (χ0) is 13.1. The molecule has 0 spiro atoms. The predicted octanol–water partition coefficient (Wildman–Crippen LogP) is 5.11. The number of aryl methyl sites for hydroxylation is 2. The highest BCUT2D eigenvalue weighted by Crippen LogP contribution is 2.37. The van der Waals surface area contributed by atoms with E-state index in [1.807, 2.05) is 11.3 Å². The minimum absolute atomic E-state index is 0.247. The first-order valence-corrected chi connectivity index (χ1v) is 7.76. The molecule has 1 aromatic heterocycles. The normalized spacial score (nSPS) is 12.4. The zero-order valence-corrected chi connectivity index (χ0v) is 13.3. The minimum Gasteiger partial charge on any atom is -0.496 e. The summed E-state index contributed by atoms with van der Waals surface area (Å²) in [5, 5.41) is 0. The number of thiophene rings is 1. The molecular formula is C15H17BrOS. The van der Waals surface area contributed by atoms with E-state index in [9.17, 15) is 0 Å². The van der Waals surface area contributed by atoms with Gasteiger partial charge in [0.25, 0.3) is 0 Å². The predicted molar refractivity (Wildman–Crippen MR) is 82.2 cm³/mol. The van der Waals surface area contributed by atoms with Gasteiger partial charge in [0, 0.05) is 9.75 Å². The fourth-order valence-electron chi connectivity index (χ4n) is 1.88. The van der Waals surface area contributed by atoms with Crippen LogP contribution in [0.5, 0.6) is 5.75 Å². The Labute approximate surface area is 121 Å². The highest BCUT2D eigenvalue weighted by molar-refractivity contribution is 9.09. The van der Waals surface area contributed by atoms with Gasteiger partial charge in [-0.05, 0) is 42.7 Å². The van der Waals surface area contributed by atoms with E-state index in [0.717, 1.165) is 12.2 Å². The Kier molecular flexibility index (Phi) is 4.46. The summed E-state index contributed by atoms with van der Waals surface area (Å²) in [6.07, 6.45) is 1.10. The SMILES string of the molecule is CCc1ccc(C(Br)c2ccc(C)c(OC)c2)s1. The minimum atomic E-state index is 0.247. The molecule has 2 aromatic rings. The van der Waals surface area contributed by atoms with Crippen molar-refractivity contribution in [3.8, 4) is 5.75 Å². The third-order valence-electron chi connectivity index (χ3n) is 3.01. The second kappa shape index (κ2) is 5.89. The molecule has 1 unspecified atom stereocenters. The molecule has 1 aromatic carbocycles. The molecule has 0 N–H and O–H groups in total. The maximum atomic E-state index is 5.38. The molecule has 0 amide bonds. The van der Waals surface area contributed by atoms with Gasteiger partial charge < -0.3 is 4.74 Å².